The van der Waals surface area contributed by atoms with Crippen molar-refractivity contribution in [3.8, 4) is 22.3 Å². The Hall–Kier alpha value is -2.28. The van der Waals surface area contributed by atoms with Gasteiger partial charge in [-0.3, -0.25) is 0 Å². The molecule has 0 spiro atoms. The number of halogens is 1. The van der Waals surface area contributed by atoms with Crippen LogP contribution >= 0.6 is 0 Å². The third-order valence-corrected chi connectivity index (χ3v) is 3.43. The molecule has 0 aliphatic carbocycles. The second-order valence-corrected chi connectivity index (χ2v) is 4.94. The molecule has 3 heteroatoms. The summed E-state index contributed by atoms with van der Waals surface area (Å²) >= 11 is 0. The van der Waals surface area contributed by atoms with Gasteiger partial charge in [-0.1, -0.05) is 71.6 Å². The molecule has 3 rings (SSSR count). The van der Waals surface area contributed by atoms with Gasteiger partial charge in [0.25, 0.3) is 0 Å². The van der Waals surface area contributed by atoms with Gasteiger partial charge in [-0.15, -0.1) is 0 Å². The SMILES string of the molecule is [B]c1ccc(-c2ccc(-c3ccc([B])cc3F)cc2)cc1. The van der Waals surface area contributed by atoms with Crippen LogP contribution in [0.25, 0.3) is 22.3 Å². The molecule has 21 heavy (non-hydrogen) atoms. The van der Waals surface area contributed by atoms with Gasteiger partial charge in [0.05, 0.1) is 0 Å². The monoisotopic (exact) mass is 268 g/mol. The average Bonchev–Trinajstić information content (AvgIpc) is 2.48. The van der Waals surface area contributed by atoms with Gasteiger partial charge >= 0.3 is 0 Å². The van der Waals surface area contributed by atoms with E-state index in [0.29, 0.717) is 11.0 Å². The van der Waals surface area contributed by atoms with Crippen LogP contribution in [0.3, 0.4) is 0 Å². The Kier molecular flexibility index (Phi) is 3.66. The maximum atomic E-state index is 13.9. The lowest BCUT2D eigenvalue weighted by molar-refractivity contribution is 0.632. The summed E-state index contributed by atoms with van der Waals surface area (Å²) < 4.78 is 13.9. The molecule has 0 saturated heterocycles. The lowest BCUT2D eigenvalue weighted by Gasteiger charge is -2.07. The molecule has 0 amide bonds. The van der Waals surface area contributed by atoms with Crippen LogP contribution in [0.5, 0.6) is 0 Å². The van der Waals surface area contributed by atoms with Gasteiger partial charge in [-0.25, -0.2) is 4.39 Å². The van der Waals surface area contributed by atoms with Crippen LogP contribution in [0.1, 0.15) is 0 Å². The zero-order valence-corrected chi connectivity index (χ0v) is 11.4. The molecule has 4 radical (unpaired) electrons. The molecule has 0 aliphatic rings. The highest BCUT2D eigenvalue weighted by atomic mass is 19.1. The molecule has 3 aromatic carbocycles. The fraction of sp³-hybridized carbons (Fsp3) is 0. The first-order valence-corrected chi connectivity index (χ1v) is 6.65. The van der Waals surface area contributed by atoms with Gasteiger partial charge in [0.1, 0.15) is 21.5 Å². The number of hydrogen-bond acceptors (Lipinski definition) is 0. The molecular weight excluding hydrogens is 257 g/mol. The Morgan fingerprint density at radius 2 is 1.05 bits per heavy atom. The topological polar surface area (TPSA) is 0 Å². The van der Waals surface area contributed by atoms with E-state index in [0.717, 1.165) is 22.2 Å². The van der Waals surface area contributed by atoms with Crippen molar-refractivity contribution in [3.05, 3.63) is 72.5 Å². The van der Waals surface area contributed by atoms with Gasteiger partial charge in [-0.05, 0) is 22.8 Å². The van der Waals surface area contributed by atoms with Crippen LogP contribution in [-0.2, 0) is 0 Å². The minimum Gasteiger partial charge on any atom is -0.206 e. The van der Waals surface area contributed by atoms with E-state index in [1.54, 1.807) is 12.1 Å². The smallest absolute Gasteiger partial charge is 0.130 e. The molecule has 0 N–H and O–H groups in total. The normalized spacial score (nSPS) is 10.5. The molecule has 0 nitrogen and oxygen atoms in total. The number of rotatable bonds is 2. The molecule has 96 valence electrons. The summed E-state index contributed by atoms with van der Waals surface area (Å²) in [6, 6.07) is 20.1. The largest absolute Gasteiger partial charge is 0.206 e. The Labute approximate surface area is 126 Å². The lowest BCUT2D eigenvalue weighted by Crippen LogP contribution is -2.02. The highest BCUT2D eigenvalue weighted by Crippen LogP contribution is 2.25. The van der Waals surface area contributed by atoms with Gasteiger partial charge in [0.15, 0.2) is 0 Å². The molecule has 0 bridgehead atoms. The van der Waals surface area contributed by atoms with E-state index in [1.165, 1.54) is 6.07 Å². The van der Waals surface area contributed by atoms with E-state index >= 15 is 0 Å². The number of hydrogen-bond donors (Lipinski definition) is 0. The van der Waals surface area contributed by atoms with Gasteiger partial charge in [0.2, 0.25) is 0 Å². The van der Waals surface area contributed by atoms with E-state index in [9.17, 15) is 4.39 Å². The highest BCUT2D eigenvalue weighted by molar-refractivity contribution is 6.32. The molecule has 3 aromatic rings. The summed E-state index contributed by atoms with van der Waals surface area (Å²) in [5.74, 6) is -0.310. The first-order valence-electron chi connectivity index (χ1n) is 6.65. The summed E-state index contributed by atoms with van der Waals surface area (Å²) in [7, 11) is 11.2. The second-order valence-electron chi connectivity index (χ2n) is 4.94. The maximum Gasteiger partial charge on any atom is 0.130 e. The predicted octanol–water partition coefficient (Wildman–Crippen LogP) is 2.75. The van der Waals surface area contributed by atoms with E-state index in [2.05, 4.69) is 0 Å². The standard InChI is InChI=1S/C18H11B2F/c19-15-7-5-13(6-8-15)12-1-3-14(4-2-12)17-10-9-16(20)11-18(17)21/h1-11H. The highest BCUT2D eigenvalue weighted by Gasteiger charge is 2.05. The van der Waals surface area contributed by atoms with Crippen molar-refractivity contribution in [1.29, 1.82) is 0 Å². The average molecular weight is 268 g/mol. The van der Waals surface area contributed by atoms with Crippen LogP contribution < -0.4 is 10.9 Å². The first-order chi connectivity index (χ1) is 10.1. The van der Waals surface area contributed by atoms with Crippen molar-refractivity contribution in [2.24, 2.45) is 0 Å². The van der Waals surface area contributed by atoms with E-state index in [4.69, 9.17) is 15.7 Å². The van der Waals surface area contributed by atoms with Crippen molar-refractivity contribution >= 4 is 26.6 Å². The Morgan fingerprint density at radius 1 is 0.571 bits per heavy atom. The lowest BCUT2D eigenvalue weighted by atomic mass is 9.92. The molecule has 0 aliphatic heterocycles. The molecule has 0 fully saturated rings. The van der Waals surface area contributed by atoms with Crippen LogP contribution in [-0.4, -0.2) is 15.7 Å². The minimum absolute atomic E-state index is 0.310. The molecule has 0 heterocycles. The van der Waals surface area contributed by atoms with Crippen LogP contribution in [0.4, 0.5) is 4.39 Å². The summed E-state index contributed by atoms with van der Waals surface area (Å²) in [5, 5.41) is 0. The molecule has 0 atom stereocenters. The third-order valence-electron chi connectivity index (χ3n) is 3.43. The Bertz CT molecular complexity index is 762. The van der Waals surface area contributed by atoms with E-state index < -0.39 is 0 Å². The van der Waals surface area contributed by atoms with Crippen molar-refractivity contribution in [3.63, 3.8) is 0 Å². The van der Waals surface area contributed by atoms with Crippen LogP contribution in [0.2, 0.25) is 0 Å². The summed E-state index contributed by atoms with van der Waals surface area (Å²) in [4.78, 5) is 0. The third kappa shape index (κ3) is 2.92. The molecule has 0 unspecified atom stereocenters. The van der Waals surface area contributed by atoms with Crippen LogP contribution in [0, 0.1) is 5.82 Å². The zero-order chi connectivity index (χ0) is 14.8. The summed E-state index contributed by atoms with van der Waals surface area (Å²) in [5.41, 5.74) is 4.68. The fourth-order valence-electron chi connectivity index (χ4n) is 2.28. The molecule has 0 aromatic heterocycles. The van der Waals surface area contributed by atoms with Crippen molar-refractivity contribution in [2.45, 2.75) is 0 Å². The quantitative estimate of drug-likeness (QED) is 0.627. The number of benzene rings is 3. The van der Waals surface area contributed by atoms with Crippen molar-refractivity contribution < 1.29 is 4.39 Å². The van der Waals surface area contributed by atoms with Gasteiger partial charge in [0, 0.05) is 5.56 Å². The van der Waals surface area contributed by atoms with E-state index in [-0.39, 0.29) is 5.82 Å². The van der Waals surface area contributed by atoms with E-state index in [1.807, 2.05) is 48.5 Å². The fourth-order valence-corrected chi connectivity index (χ4v) is 2.28. The summed E-state index contributed by atoms with van der Waals surface area (Å²) in [6.45, 7) is 0. The van der Waals surface area contributed by atoms with Gasteiger partial charge in [-0.2, -0.15) is 0 Å². The maximum absolute atomic E-state index is 13.9. The minimum atomic E-state index is -0.310. The second kappa shape index (κ2) is 5.61. The van der Waals surface area contributed by atoms with Gasteiger partial charge < -0.3 is 0 Å². The first kappa shape index (κ1) is 13.7. The van der Waals surface area contributed by atoms with Crippen molar-refractivity contribution in [1.82, 2.24) is 0 Å². The summed E-state index contributed by atoms with van der Waals surface area (Å²) in [6.07, 6.45) is 0. The molecular formula is C18H11B2F. The Balaban J connectivity index is 1.95. The zero-order valence-electron chi connectivity index (χ0n) is 11.4. The predicted molar refractivity (Wildman–Crippen MR) is 88.0 cm³/mol. The van der Waals surface area contributed by atoms with Crippen molar-refractivity contribution in [2.75, 3.05) is 0 Å². The molecule has 0 saturated carbocycles. The van der Waals surface area contributed by atoms with Crippen LogP contribution in [0.15, 0.2) is 66.7 Å². The Morgan fingerprint density at radius 3 is 1.62 bits per heavy atom.